The van der Waals surface area contributed by atoms with Gasteiger partial charge in [-0.15, -0.1) is 0 Å². The molecule has 0 saturated heterocycles. The molecule has 0 saturated carbocycles. The van der Waals surface area contributed by atoms with Crippen molar-refractivity contribution < 1.29 is 0 Å². The van der Waals surface area contributed by atoms with Crippen LogP contribution in [-0.2, 0) is 0 Å². The number of hydrogen-bond acceptors (Lipinski definition) is 0. The first-order valence-electron chi connectivity index (χ1n) is 4.75. The molecule has 11 heavy (non-hydrogen) atoms. The van der Waals surface area contributed by atoms with Gasteiger partial charge in [-0.2, -0.15) is 0 Å². The van der Waals surface area contributed by atoms with Crippen LogP contribution in [0.15, 0.2) is 0 Å². The molecule has 1 heteroatoms. The number of rotatable bonds is 2. The molecule has 0 nitrogen and oxygen atoms in total. The molecule has 0 aliphatic heterocycles. The fourth-order valence-electron chi connectivity index (χ4n) is 1.80. The predicted molar refractivity (Wildman–Crippen MR) is 59.7 cm³/mol. The van der Waals surface area contributed by atoms with Crippen molar-refractivity contribution in [2.45, 2.75) is 52.4 Å². The van der Waals surface area contributed by atoms with Gasteiger partial charge in [0.25, 0.3) is 0 Å². The van der Waals surface area contributed by atoms with E-state index in [9.17, 15) is 0 Å². The fourth-order valence-corrected chi connectivity index (χ4v) is 5.41. The van der Waals surface area contributed by atoms with Gasteiger partial charge in [-0.3, -0.25) is 0 Å². The Kier molecular flexibility index (Phi) is 3.57. The van der Waals surface area contributed by atoms with Crippen LogP contribution in [-0.4, -0.2) is 23.6 Å². The van der Waals surface area contributed by atoms with Crippen molar-refractivity contribution in [1.82, 2.24) is 0 Å². The molecule has 0 aromatic heterocycles. The second-order valence-corrected chi connectivity index (χ2v) is 11.4. The van der Waals surface area contributed by atoms with E-state index in [1.165, 1.54) is 6.16 Å². The molecule has 0 amide bonds. The van der Waals surface area contributed by atoms with Crippen molar-refractivity contribution in [3.05, 3.63) is 0 Å². The summed E-state index contributed by atoms with van der Waals surface area (Å²) in [4.78, 5) is 0. The van der Waals surface area contributed by atoms with Gasteiger partial charge in [0, 0.05) is 0 Å². The Hall–Kier alpha value is 0.430. The number of hydrogen-bond donors (Lipinski definition) is 0. The van der Waals surface area contributed by atoms with E-state index in [1.54, 1.807) is 0 Å². The summed E-state index contributed by atoms with van der Waals surface area (Å²) in [5, 5.41) is 0.565. The van der Waals surface area contributed by atoms with E-state index in [2.05, 4.69) is 48.2 Å². The van der Waals surface area contributed by atoms with Crippen molar-refractivity contribution in [2.75, 3.05) is 12.8 Å². The van der Waals surface area contributed by atoms with Crippen molar-refractivity contribution in [3.63, 3.8) is 0 Å². The minimum atomic E-state index is -1.00. The van der Waals surface area contributed by atoms with Crippen LogP contribution in [0.5, 0.6) is 0 Å². The molecule has 0 heterocycles. The van der Waals surface area contributed by atoms with Crippen LogP contribution >= 0.6 is 7.26 Å². The molecule has 0 aromatic rings. The van der Waals surface area contributed by atoms with Crippen molar-refractivity contribution >= 4 is 7.26 Å². The van der Waals surface area contributed by atoms with E-state index in [-0.39, 0.29) is 0 Å². The predicted octanol–water partition coefficient (Wildman–Crippen LogP) is 3.59. The summed E-state index contributed by atoms with van der Waals surface area (Å²) in [5.41, 5.74) is 0.910. The summed E-state index contributed by atoms with van der Waals surface area (Å²) in [7, 11) is -1.00. The summed E-state index contributed by atoms with van der Waals surface area (Å²) in [5.74, 6) is 0. The zero-order valence-electron chi connectivity index (χ0n) is 9.28. The van der Waals surface area contributed by atoms with E-state index in [4.69, 9.17) is 0 Å². The molecule has 0 aliphatic rings. The molecule has 0 atom stereocenters. The topological polar surface area (TPSA) is 0 Å². The zero-order valence-corrected chi connectivity index (χ0v) is 10.3. The van der Waals surface area contributed by atoms with E-state index in [0.29, 0.717) is 5.16 Å². The molecule has 0 spiro atoms. The summed E-state index contributed by atoms with van der Waals surface area (Å²) in [6.07, 6.45) is 1.41. The summed E-state index contributed by atoms with van der Waals surface area (Å²) >= 11 is 0. The third-order valence-corrected chi connectivity index (χ3v) is 11.2. The van der Waals surface area contributed by atoms with Gasteiger partial charge in [-0.1, -0.05) is 0 Å². The summed E-state index contributed by atoms with van der Waals surface area (Å²) < 4.78 is 0. The van der Waals surface area contributed by atoms with Crippen LogP contribution in [0.2, 0.25) is 0 Å². The molecule has 0 rings (SSSR count). The van der Waals surface area contributed by atoms with Gasteiger partial charge in [0.15, 0.2) is 0 Å². The third-order valence-electron chi connectivity index (χ3n) is 3.72. The second kappa shape index (κ2) is 3.44. The van der Waals surface area contributed by atoms with Crippen molar-refractivity contribution in [1.29, 1.82) is 0 Å². The molecular formula is C10H25P. The molecular weight excluding hydrogens is 151 g/mol. The Morgan fingerprint density at radius 2 is 1.55 bits per heavy atom. The van der Waals surface area contributed by atoms with Gasteiger partial charge in [0.1, 0.15) is 0 Å². The van der Waals surface area contributed by atoms with Crippen LogP contribution < -0.4 is 0 Å². The standard InChI is InChI=1S/C10H25P/c1-8-11(7,9(2)3)10(4,5)6/h9,11H,8H2,1-7H3. The summed E-state index contributed by atoms with van der Waals surface area (Å²) in [6, 6.07) is 0. The third kappa shape index (κ3) is 2.18. The van der Waals surface area contributed by atoms with E-state index >= 15 is 0 Å². The SMILES string of the molecule is CC[PH](C)(C(C)C)C(C)(C)C. The zero-order chi connectivity index (χ0) is 9.28. The average molecular weight is 176 g/mol. The Morgan fingerprint density at radius 3 is 1.55 bits per heavy atom. The second-order valence-electron chi connectivity index (χ2n) is 5.18. The molecule has 0 bridgehead atoms. The van der Waals surface area contributed by atoms with Crippen LogP contribution in [0.4, 0.5) is 0 Å². The van der Waals surface area contributed by atoms with Gasteiger partial charge >= 0.3 is 72.4 Å². The quantitative estimate of drug-likeness (QED) is 0.564. The van der Waals surface area contributed by atoms with Crippen LogP contribution in [0.3, 0.4) is 0 Å². The van der Waals surface area contributed by atoms with Gasteiger partial charge in [0.2, 0.25) is 0 Å². The first-order valence-corrected chi connectivity index (χ1v) is 7.54. The Balaban J connectivity index is 4.61. The molecule has 70 valence electrons. The Labute approximate surface area is 73.1 Å². The molecule has 0 fully saturated rings. The average Bonchev–Trinajstić information content (AvgIpc) is 1.83. The molecule has 0 N–H and O–H groups in total. The van der Waals surface area contributed by atoms with Crippen molar-refractivity contribution in [2.24, 2.45) is 0 Å². The summed E-state index contributed by atoms with van der Waals surface area (Å²) in [6.45, 7) is 16.9. The molecule has 0 aliphatic carbocycles. The van der Waals surface area contributed by atoms with Gasteiger partial charge in [-0.25, -0.2) is 0 Å². The maximum atomic E-state index is 2.54. The maximum absolute atomic E-state index is 2.54. The van der Waals surface area contributed by atoms with Gasteiger partial charge in [0.05, 0.1) is 0 Å². The first-order chi connectivity index (χ1) is 4.75. The first kappa shape index (κ1) is 11.4. The van der Waals surface area contributed by atoms with E-state index in [1.807, 2.05) is 0 Å². The molecule has 0 unspecified atom stereocenters. The van der Waals surface area contributed by atoms with Crippen LogP contribution in [0.1, 0.15) is 41.5 Å². The molecule has 0 radical (unpaired) electrons. The molecule has 0 aromatic carbocycles. The van der Waals surface area contributed by atoms with Crippen molar-refractivity contribution in [3.8, 4) is 0 Å². The normalized spacial score (nSPS) is 15.6. The Morgan fingerprint density at radius 1 is 1.18 bits per heavy atom. The van der Waals surface area contributed by atoms with E-state index in [0.717, 1.165) is 5.66 Å². The van der Waals surface area contributed by atoms with Gasteiger partial charge < -0.3 is 0 Å². The minimum absolute atomic E-state index is 0.565. The van der Waals surface area contributed by atoms with Crippen LogP contribution in [0, 0.1) is 0 Å². The Bertz CT molecular complexity index is 121. The van der Waals surface area contributed by atoms with E-state index < -0.39 is 7.26 Å². The fraction of sp³-hybridized carbons (Fsp3) is 1.00. The van der Waals surface area contributed by atoms with Gasteiger partial charge in [-0.05, 0) is 0 Å². The monoisotopic (exact) mass is 176 g/mol. The van der Waals surface area contributed by atoms with Crippen LogP contribution in [0.25, 0.3) is 0 Å².